The van der Waals surface area contributed by atoms with E-state index < -0.39 is 0 Å². The highest BCUT2D eigenvalue weighted by atomic mass is 32.1. The summed E-state index contributed by atoms with van der Waals surface area (Å²) in [7, 11) is 0. The molecule has 0 unspecified atom stereocenters. The van der Waals surface area contributed by atoms with Crippen LogP contribution < -0.4 is 14.8 Å². The van der Waals surface area contributed by atoms with E-state index in [0.29, 0.717) is 23.1 Å². The third-order valence-electron chi connectivity index (χ3n) is 7.41. The Morgan fingerprint density at radius 3 is 2.75 bits per heavy atom. The minimum absolute atomic E-state index is 0.0728. The Balaban J connectivity index is 1.20. The van der Waals surface area contributed by atoms with Crippen LogP contribution in [-0.2, 0) is 28.9 Å². The number of hydrogen-bond acceptors (Lipinski definition) is 8. The minimum Gasteiger partial charge on any atom is -0.462 e. The van der Waals surface area contributed by atoms with Crippen molar-refractivity contribution in [2.24, 2.45) is 5.92 Å². The number of thiophene rings is 1. The van der Waals surface area contributed by atoms with Gasteiger partial charge in [0.15, 0.2) is 11.5 Å². The van der Waals surface area contributed by atoms with Gasteiger partial charge in [-0.15, -0.1) is 11.3 Å². The molecule has 8 nitrogen and oxygen atoms in total. The van der Waals surface area contributed by atoms with Gasteiger partial charge in [0.25, 0.3) is 0 Å². The maximum absolute atomic E-state index is 13.3. The predicted molar refractivity (Wildman–Crippen MR) is 139 cm³/mol. The molecule has 2 atom stereocenters. The molecule has 9 heteroatoms. The lowest BCUT2D eigenvalue weighted by molar-refractivity contribution is -0.121. The van der Waals surface area contributed by atoms with Gasteiger partial charge in [-0.3, -0.25) is 14.6 Å². The Kier molecular flexibility index (Phi) is 7.50. The second-order valence-electron chi connectivity index (χ2n) is 9.94. The van der Waals surface area contributed by atoms with Gasteiger partial charge < -0.3 is 19.5 Å². The fourth-order valence-corrected chi connectivity index (χ4v) is 6.65. The zero-order valence-electron chi connectivity index (χ0n) is 21.3. The van der Waals surface area contributed by atoms with Crippen molar-refractivity contribution in [3.63, 3.8) is 0 Å². The van der Waals surface area contributed by atoms with E-state index >= 15 is 0 Å². The molecule has 2 aromatic rings. The normalized spacial score (nSPS) is 20.6. The van der Waals surface area contributed by atoms with Crippen LogP contribution >= 0.6 is 11.3 Å². The van der Waals surface area contributed by atoms with Crippen molar-refractivity contribution >= 4 is 28.2 Å². The van der Waals surface area contributed by atoms with Crippen LogP contribution in [0.1, 0.15) is 53.6 Å². The largest absolute Gasteiger partial charge is 0.462 e. The van der Waals surface area contributed by atoms with Crippen molar-refractivity contribution in [3.05, 3.63) is 39.8 Å². The molecule has 194 valence electrons. The van der Waals surface area contributed by atoms with Crippen LogP contribution in [-0.4, -0.2) is 67.3 Å². The van der Waals surface area contributed by atoms with Crippen molar-refractivity contribution in [1.82, 2.24) is 9.80 Å². The zero-order valence-corrected chi connectivity index (χ0v) is 22.1. The first-order chi connectivity index (χ1) is 17.4. The van der Waals surface area contributed by atoms with Crippen molar-refractivity contribution in [2.45, 2.75) is 52.6 Å². The number of amides is 1. The van der Waals surface area contributed by atoms with E-state index in [1.165, 1.54) is 10.4 Å². The molecule has 0 spiro atoms. The lowest BCUT2D eigenvalue weighted by Gasteiger charge is -2.37. The van der Waals surface area contributed by atoms with Crippen molar-refractivity contribution in [3.8, 4) is 11.5 Å². The van der Waals surface area contributed by atoms with Crippen LogP contribution in [0.25, 0.3) is 0 Å². The molecule has 5 rings (SSSR count). The number of fused-ring (bicyclic) bond motifs is 2. The molecule has 1 aromatic heterocycles. The average Bonchev–Trinajstić information content (AvgIpc) is 3.47. The molecule has 0 saturated carbocycles. The number of nitrogens with zero attached hydrogens (tertiary/aromatic N) is 2. The molecular formula is C27H35N3O5S. The third-order valence-corrected chi connectivity index (χ3v) is 8.57. The first-order valence-electron chi connectivity index (χ1n) is 12.9. The highest BCUT2D eigenvalue weighted by Gasteiger charge is 2.31. The summed E-state index contributed by atoms with van der Waals surface area (Å²) < 4.78 is 16.3. The first kappa shape index (κ1) is 25.0. The van der Waals surface area contributed by atoms with Gasteiger partial charge in [0.1, 0.15) is 5.00 Å². The molecule has 1 aliphatic carbocycles. The average molecular weight is 514 g/mol. The van der Waals surface area contributed by atoms with Gasteiger partial charge in [-0.05, 0) is 62.3 Å². The molecule has 3 aliphatic rings. The van der Waals surface area contributed by atoms with Gasteiger partial charge >= 0.3 is 5.97 Å². The van der Waals surface area contributed by atoms with E-state index in [1.54, 1.807) is 11.3 Å². The van der Waals surface area contributed by atoms with Crippen LogP contribution in [0.15, 0.2) is 18.2 Å². The molecule has 1 aromatic carbocycles. The molecule has 1 N–H and O–H groups in total. The molecule has 1 amide bonds. The van der Waals surface area contributed by atoms with E-state index in [4.69, 9.17) is 14.2 Å². The summed E-state index contributed by atoms with van der Waals surface area (Å²) in [6.45, 7) is 10.8. The molecule has 1 saturated heterocycles. The fraction of sp³-hybridized carbons (Fsp3) is 0.556. The van der Waals surface area contributed by atoms with Crippen LogP contribution in [0, 0.1) is 5.92 Å². The number of nitrogens with one attached hydrogen (secondary N) is 1. The molecule has 36 heavy (non-hydrogen) atoms. The number of benzene rings is 1. The predicted octanol–water partition coefficient (Wildman–Crippen LogP) is 3.92. The maximum Gasteiger partial charge on any atom is 0.341 e. The smallest absolute Gasteiger partial charge is 0.341 e. The summed E-state index contributed by atoms with van der Waals surface area (Å²) in [4.78, 5) is 31.9. The summed E-state index contributed by atoms with van der Waals surface area (Å²) >= 11 is 1.54. The van der Waals surface area contributed by atoms with E-state index in [-0.39, 0.29) is 24.7 Å². The first-order valence-corrected chi connectivity index (χ1v) is 13.7. The highest BCUT2D eigenvalue weighted by molar-refractivity contribution is 7.17. The number of rotatable bonds is 7. The zero-order chi connectivity index (χ0) is 25.2. The molecule has 2 aliphatic heterocycles. The standard InChI is InChI=1S/C27H35N3O5S/c1-4-33-27(32)24-20-7-5-17(2)13-23(20)36-26(24)28-25(31)18(3)30-11-9-29(10-12-30)15-19-6-8-21-22(14-19)35-16-34-21/h6,8,14,17-18H,4-5,7,9-13,15-16H2,1-3H3,(H,28,31)/t17-,18-/m0/s1. The monoisotopic (exact) mass is 513 g/mol. The number of piperazine rings is 1. The van der Waals surface area contributed by atoms with Crippen LogP contribution in [0.5, 0.6) is 11.5 Å². The number of esters is 1. The summed E-state index contributed by atoms with van der Waals surface area (Å²) in [5.41, 5.74) is 2.83. The van der Waals surface area contributed by atoms with Gasteiger partial charge in [0, 0.05) is 37.6 Å². The molecule has 0 bridgehead atoms. The maximum atomic E-state index is 13.3. The van der Waals surface area contributed by atoms with Gasteiger partial charge in [0.05, 0.1) is 18.2 Å². The van der Waals surface area contributed by atoms with Crippen LogP contribution in [0.4, 0.5) is 5.00 Å². The van der Waals surface area contributed by atoms with Gasteiger partial charge in [0.2, 0.25) is 12.7 Å². The Hall–Kier alpha value is -2.62. The Morgan fingerprint density at radius 1 is 1.19 bits per heavy atom. The van der Waals surface area contributed by atoms with E-state index in [2.05, 4.69) is 28.1 Å². The quantitative estimate of drug-likeness (QED) is 0.562. The Morgan fingerprint density at radius 2 is 1.97 bits per heavy atom. The second-order valence-corrected chi connectivity index (χ2v) is 11.0. The van der Waals surface area contributed by atoms with Gasteiger partial charge in [-0.1, -0.05) is 13.0 Å². The number of hydrogen-bond donors (Lipinski definition) is 1. The highest BCUT2D eigenvalue weighted by Crippen LogP contribution is 2.40. The number of carbonyl (C=O) groups excluding carboxylic acids is 2. The summed E-state index contributed by atoms with van der Waals surface area (Å²) in [6, 6.07) is 5.81. The number of ether oxygens (including phenoxy) is 3. The van der Waals surface area contributed by atoms with Crippen molar-refractivity contribution < 1.29 is 23.8 Å². The summed E-state index contributed by atoms with van der Waals surface area (Å²) in [5.74, 6) is 1.79. The molecule has 3 heterocycles. The van der Waals surface area contributed by atoms with Crippen molar-refractivity contribution in [2.75, 3.05) is 44.9 Å². The van der Waals surface area contributed by atoms with E-state index in [1.807, 2.05) is 26.0 Å². The number of carbonyl (C=O) groups is 2. The lowest BCUT2D eigenvalue weighted by Crippen LogP contribution is -2.52. The second kappa shape index (κ2) is 10.8. The Bertz CT molecular complexity index is 1120. The fourth-order valence-electron chi connectivity index (χ4n) is 5.25. The summed E-state index contributed by atoms with van der Waals surface area (Å²) in [6.07, 6.45) is 2.86. The summed E-state index contributed by atoms with van der Waals surface area (Å²) in [5, 5.41) is 3.74. The molecule has 0 radical (unpaired) electrons. The van der Waals surface area contributed by atoms with Gasteiger partial charge in [-0.25, -0.2) is 4.79 Å². The SMILES string of the molecule is CCOC(=O)c1c(NC(=O)[C@H](C)N2CCN(Cc3ccc4c(c3)OCO4)CC2)sc2c1CC[C@H](C)C2. The number of anilines is 1. The van der Waals surface area contributed by atoms with E-state index in [9.17, 15) is 9.59 Å². The minimum atomic E-state index is -0.329. The molecular weight excluding hydrogens is 478 g/mol. The Labute approximate surface area is 216 Å². The third kappa shape index (κ3) is 5.23. The van der Waals surface area contributed by atoms with Crippen LogP contribution in [0.3, 0.4) is 0 Å². The topological polar surface area (TPSA) is 80.3 Å². The molecule has 1 fully saturated rings. The van der Waals surface area contributed by atoms with Gasteiger partial charge in [-0.2, -0.15) is 0 Å². The van der Waals surface area contributed by atoms with Crippen molar-refractivity contribution in [1.29, 1.82) is 0 Å². The van der Waals surface area contributed by atoms with Crippen LogP contribution in [0.2, 0.25) is 0 Å². The lowest BCUT2D eigenvalue weighted by atomic mass is 9.88. The van der Waals surface area contributed by atoms with E-state index in [0.717, 1.165) is 69.0 Å².